The van der Waals surface area contributed by atoms with E-state index in [0.29, 0.717) is 0 Å². The van der Waals surface area contributed by atoms with Gasteiger partial charge in [-0.15, -0.1) is 0 Å². The molecule has 0 heterocycles. The van der Waals surface area contributed by atoms with E-state index in [4.69, 9.17) is 5.11 Å². The minimum atomic E-state index is -2.67. The van der Waals surface area contributed by atoms with E-state index in [1.54, 1.807) is 6.92 Å². The van der Waals surface area contributed by atoms with Crippen molar-refractivity contribution in [2.45, 2.75) is 51.0 Å². The van der Waals surface area contributed by atoms with Gasteiger partial charge in [-0.05, 0) is 19.3 Å². The molecule has 1 saturated carbocycles. The fourth-order valence-corrected chi connectivity index (χ4v) is 1.93. The van der Waals surface area contributed by atoms with Crippen molar-refractivity contribution in [1.82, 2.24) is 5.32 Å². The van der Waals surface area contributed by atoms with Gasteiger partial charge >= 0.3 is 5.97 Å². The van der Waals surface area contributed by atoms with Crippen LogP contribution in [-0.4, -0.2) is 28.9 Å². The Morgan fingerprint density at radius 3 is 2.35 bits per heavy atom. The first-order valence-electron chi connectivity index (χ1n) is 5.76. The number of alkyl halides is 2. The molecule has 1 amide bonds. The number of amides is 1. The van der Waals surface area contributed by atoms with E-state index in [2.05, 4.69) is 5.32 Å². The number of carboxylic acids is 1. The van der Waals surface area contributed by atoms with Gasteiger partial charge < -0.3 is 10.4 Å². The van der Waals surface area contributed by atoms with Gasteiger partial charge in [-0.25, -0.2) is 13.6 Å². The Balaban J connectivity index is 2.46. The number of aliphatic carboxylic acids is 1. The molecule has 0 unspecified atom stereocenters. The van der Waals surface area contributed by atoms with Crippen LogP contribution in [0, 0.1) is 5.92 Å². The number of hydrogen-bond donors (Lipinski definition) is 2. The van der Waals surface area contributed by atoms with Gasteiger partial charge in [0.15, 0.2) is 0 Å². The fourth-order valence-electron chi connectivity index (χ4n) is 1.93. The average molecular weight is 249 g/mol. The van der Waals surface area contributed by atoms with Crippen molar-refractivity contribution >= 4 is 11.9 Å². The van der Waals surface area contributed by atoms with Gasteiger partial charge in [0.05, 0.1) is 0 Å². The lowest BCUT2D eigenvalue weighted by Gasteiger charge is -2.28. The van der Waals surface area contributed by atoms with E-state index >= 15 is 0 Å². The van der Waals surface area contributed by atoms with E-state index in [-0.39, 0.29) is 32.1 Å². The summed E-state index contributed by atoms with van der Waals surface area (Å²) in [7, 11) is 0. The smallest absolute Gasteiger partial charge is 0.326 e. The van der Waals surface area contributed by atoms with Gasteiger partial charge in [-0.1, -0.05) is 6.92 Å². The number of carbonyl (C=O) groups is 2. The Bertz CT molecular complexity index is 297. The highest BCUT2D eigenvalue weighted by molar-refractivity contribution is 5.84. The summed E-state index contributed by atoms with van der Waals surface area (Å²) in [5, 5.41) is 11.1. The highest BCUT2D eigenvalue weighted by Gasteiger charge is 2.37. The number of halogens is 2. The second-order valence-corrected chi connectivity index (χ2v) is 4.44. The minimum absolute atomic E-state index is 0.120. The van der Waals surface area contributed by atoms with E-state index in [9.17, 15) is 18.4 Å². The summed E-state index contributed by atoms with van der Waals surface area (Å²) in [5.74, 6) is -4.67. The van der Waals surface area contributed by atoms with Crippen molar-refractivity contribution in [3.05, 3.63) is 0 Å². The zero-order valence-electron chi connectivity index (χ0n) is 9.71. The minimum Gasteiger partial charge on any atom is -0.480 e. The van der Waals surface area contributed by atoms with Crippen molar-refractivity contribution in [2.75, 3.05) is 0 Å². The molecule has 1 fully saturated rings. The van der Waals surface area contributed by atoms with E-state index in [1.165, 1.54) is 0 Å². The SMILES string of the molecule is CC[C@H](NC(=O)C1CCC(F)(F)CC1)C(=O)O. The Morgan fingerprint density at radius 2 is 1.94 bits per heavy atom. The maximum Gasteiger partial charge on any atom is 0.326 e. The second kappa shape index (κ2) is 5.42. The van der Waals surface area contributed by atoms with Crippen molar-refractivity contribution in [2.24, 2.45) is 5.92 Å². The molecule has 0 bridgehead atoms. The summed E-state index contributed by atoms with van der Waals surface area (Å²) >= 11 is 0. The van der Waals surface area contributed by atoms with Crippen molar-refractivity contribution < 1.29 is 23.5 Å². The monoisotopic (exact) mass is 249 g/mol. The van der Waals surface area contributed by atoms with Gasteiger partial charge in [-0.2, -0.15) is 0 Å². The molecule has 1 atom stereocenters. The normalized spacial score (nSPS) is 21.8. The van der Waals surface area contributed by atoms with Crippen LogP contribution in [0.1, 0.15) is 39.0 Å². The van der Waals surface area contributed by atoms with Crippen LogP contribution >= 0.6 is 0 Å². The van der Waals surface area contributed by atoms with Gasteiger partial charge in [0.25, 0.3) is 0 Å². The molecule has 0 aromatic heterocycles. The Labute approximate surface area is 98.4 Å². The first-order valence-corrected chi connectivity index (χ1v) is 5.76. The molecule has 17 heavy (non-hydrogen) atoms. The third kappa shape index (κ3) is 3.94. The molecule has 0 aromatic rings. The number of carboxylic acid groups (broad SMARTS) is 1. The molecular formula is C11H17F2NO3. The molecule has 0 aromatic carbocycles. The van der Waals surface area contributed by atoms with Crippen molar-refractivity contribution in [3.63, 3.8) is 0 Å². The van der Waals surface area contributed by atoms with Crippen LogP contribution in [0.2, 0.25) is 0 Å². The van der Waals surface area contributed by atoms with E-state index in [0.717, 1.165) is 0 Å². The highest BCUT2D eigenvalue weighted by atomic mass is 19.3. The van der Waals surface area contributed by atoms with Crippen LogP contribution in [0.4, 0.5) is 8.78 Å². The fraction of sp³-hybridized carbons (Fsp3) is 0.818. The third-order valence-electron chi connectivity index (χ3n) is 3.11. The van der Waals surface area contributed by atoms with Crippen LogP contribution in [0.3, 0.4) is 0 Å². The zero-order chi connectivity index (χ0) is 13.1. The first kappa shape index (κ1) is 13.9. The molecule has 1 aliphatic rings. The quantitative estimate of drug-likeness (QED) is 0.798. The predicted octanol–water partition coefficient (Wildman–Crippen LogP) is 1.79. The summed E-state index contributed by atoms with van der Waals surface area (Å²) < 4.78 is 25.7. The Morgan fingerprint density at radius 1 is 1.41 bits per heavy atom. The molecule has 0 spiro atoms. The highest BCUT2D eigenvalue weighted by Crippen LogP contribution is 2.36. The third-order valence-corrected chi connectivity index (χ3v) is 3.11. The second-order valence-electron chi connectivity index (χ2n) is 4.44. The van der Waals surface area contributed by atoms with E-state index < -0.39 is 29.8 Å². The average Bonchev–Trinajstić information content (AvgIpc) is 2.25. The lowest BCUT2D eigenvalue weighted by Crippen LogP contribution is -2.44. The van der Waals surface area contributed by atoms with Gasteiger partial charge in [0.2, 0.25) is 11.8 Å². The Hall–Kier alpha value is -1.20. The summed E-state index contributed by atoms with van der Waals surface area (Å²) in [5.41, 5.74) is 0. The summed E-state index contributed by atoms with van der Waals surface area (Å²) in [6.45, 7) is 1.65. The van der Waals surface area contributed by atoms with Crippen LogP contribution in [0.25, 0.3) is 0 Å². The molecule has 1 aliphatic carbocycles. The maximum absolute atomic E-state index is 12.9. The van der Waals surface area contributed by atoms with Crippen molar-refractivity contribution in [3.8, 4) is 0 Å². The number of nitrogens with one attached hydrogen (secondary N) is 1. The summed E-state index contributed by atoms with van der Waals surface area (Å²) in [6, 6.07) is -0.926. The van der Waals surface area contributed by atoms with E-state index in [1.807, 2.05) is 0 Å². The number of hydrogen-bond acceptors (Lipinski definition) is 2. The van der Waals surface area contributed by atoms with Crippen molar-refractivity contribution in [1.29, 1.82) is 0 Å². The van der Waals surface area contributed by atoms with Crippen LogP contribution in [0.15, 0.2) is 0 Å². The van der Waals surface area contributed by atoms with Crippen LogP contribution in [-0.2, 0) is 9.59 Å². The predicted molar refractivity (Wildman–Crippen MR) is 56.8 cm³/mol. The standard InChI is InChI=1S/C11H17F2NO3/c1-2-8(10(16)17)14-9(15)7-3-5-11(12,13)6-4-7/h7-8H,2-6H2,1H3,(H,14,15)(H,16,17)/t8-/m0/s1. The lowest BCUT2D eigenvalue weighted by atomic mass is 9.86. The molecular weight excluding hydrogens is 232 g/mol. The molecule has 0 saturated heterocycles. The maximum atomic E-state index is 12.9. The summed E-state index contributed by atoms with van der Waals surface area (Å²) in [6.07, 6.45) is -0.0718. The first-order chi connectivity index (χ1) is 7.85. The number of carbonyl (C=O) groups excluding carboxylic acids is 1. The number of rotatable bonds is 4. The zero-order valence-corrected chi connectivity index (χ0v) is 9.71. The van der Waals surface area contributed by atoms with Gasteiger partial charge in [0, 0.05) is 18.8 Å². The molecule has 4 nitrogen and oxygen atoms in total. The van der Waals surface area contributed by atoms with Crippen LogP contribution < -0.4 is 5.32 Å². The molecule has 6 heteroatoms. The van der Waals surface area contributed by atoms with Gasteiger partial charge in [0.1, 0.15) is 6.04 Å². The van der Waals surface area contributed by atoms with Gasteiger partial charge in [-0.3, -0.25) is 4.79 Å². The molecule has 0 aliphatic heterocycles. The summed E-state index contributed by atoms with van der Waals surface area (Å²) in [4.78, 5) is 22.4. The largest absolute Gasteiger partial charge is 0.480 e. The molecule has 2 N–H and O–H groups in total. The molecule has 0 radical (unpaired) electrons. The Kier molecular flexibility index (Phi) is 4.42. The topological polar surface area (TPSA) is 66.4 Å². The molecule has 1 rings (SSSR count). The molecule has 98 valence electrons. The lowest BCUT2D eigenvalue weighted by molar-refractivity contribution is -0.143. The van der Waals surface area contributed by atoms with Crippen LogP contribution in [0.5, 0.6) is 0 Å².